The number of rotatable bonds is 7. The maximum absolute atomic E-state index is 13.5. The molecule has 0 radical (unpaired) electrons. The normalized spacial score (nSPS) is 17.9. The summed E-state index contributed by atoms with van der Waals surface area (Å²) in [5.41, 5.74) is 0.927. The number of morpholine rings is 1. The zero-order valence-electron chi connectivity index (χ0n) is 17.0. The first-order chi connectivity index (χ1) is 14.6. The van der Waals surface area contributed by atoms with Crippen molar-refractivity contribution in [1.82, 2.24) is 14.8 Å². The van der Waals surface area contributed by atoms with E-state index in [-0.39, 0.29) is 10.8 Å². The van der Waals surface area contributed by atoms with Gasteiger partial charge < -0.3 is 14.6 Å². The predicted octanol–water partition coefficient (Wildman–Crippen LogP) is 1.78. The summed E-state index contributed by atoms with van der Waals surface area (Å²) in [5, 5.41) is 0. The summed E-state index contributed by atoms with van der Waals surface area (Å²) in [6.07, 6.45) is 3.39. The highest BCUT2D eigenvalue weighted by Crippen LogP contribution is 2.25. The van der Waals surface area contributed by atoms with Gasteiger partial charge in [-0.15, -0.1) is 0 Å². The number of likely N-dealkylation sites (tertiary alicyclic amines) is 1. The Labute approximate surface area is 177 Å². The van der Waals surface area contributed by atoms with E-state index in [1.165, 1.54) is 16.6 Å². The largest absolute Gasteiger partial charge is 0.379 e. The average molecular weight is 433 g/mol. The molecule has 30 heavy (non-hydrogen) atoms. The molecule has 2 saturated heterocycles. The van der Waals surface area contributed by atoms with Gasteiger partial charge in [0, 0.05) is 45.5 Å². The van der Waals surface area contributed by atoms with Crippen LogP contribution in [0.1, 0.15) is 23.3 Å². The molecule has 2 aliphatic rings. The van der Waals surface area contributed by atoms with Crippen LogP contribution in [0.4, 0.5) is 5.69 Å². The van der Waals surface area contributed by atoms with Crippen LogP contribution < -0.4 is 4.31 Å². The van der Waals surface area contributed by atoms with Crippen molar-refractivity contribution in [3.05, 3.63) is 48.3 Å². The van der Waals surface area contributed by atoms with Crippen molar-refractivity contribution in [3.63, 3.8) is 0 Å². The van der Waals surface area contributed by atoms with Crippen molar-refractivity contribution in [2.45, 2.75) is 17.7 Å². The summed E-state index contributed by atoms with van der Waals surface area (Å²) in [4.78, 5) is 19.6. The van der Waals surface area contributed by atoms with Gasteiger partial charge in [0.1, 0.15) is 10.6 Å². The quantitative estimate of drug-likeness (QED) is 0.721. The van der Waals surface area contributed by atoms with Crippen LogP contribution in [0.2, 0.25) is 0 Å². The van der Waals surface area contributed by atoms with E-state index < -0.39 is 10.0 Å². The first-order valence-corrected chi connectivity index (χ1v) is 11.9. The number of amides is 1. The molecule has 2 fully saturated rings. The smallest absolute Gasteiger partial charge is 0.270 e. The van der Waals surface area contributed by atoms with Crippen LogP contribution in [-0.2, 0) is 14.8 Å². The fourth-order valence-electron chi connectivity index (χ4n) is 3.90. The number of nitrogens with zero attached hydrogens (tertiary/aromatic N) is 3. The highest BCUT2D eigenvalue weighted by molar-refractivity contribution is 7.92. The Morgan fingerprint density at radius 3 is 2.47 bits per heavy atom. The third kappa shape index (κ3) is 4.53. The number of sulfonamides is 1. The summed E-state index contributed by atoms with van der Waals surface area (Å²) in [7, 11) is -3.82. The number of benzene rings is 1. The van der Waals surface area contributed by atoms with Crippen LogP contribution in [0.15, 0.2) is 47.5 Å². The maximum atomic E-state index is 13.5. The number of hydrogen-bond acceptors (Lipinski definition) is 5. The molecule has 3 heterocycles. The van der Waals surface area contributed by atoms with Crippen molar-refractivity contribution in [2.75, 3.05) is 56.8 Å². The molecule has 2 aliphatic heterocycles. The van der Waals surface area contributed by atoms with E-state index in [1.54, 1.807) is 17.0 Å². The van der Waals surface area contributed by atoms with Gasteiger partial charge >= 0.3 is 0 Å². The number of aromatic amines is 1. The lowest BCUT2D eigenvalue weighted by Gasteiger charge is -2.30. The highest BCUT2D eigenvalue weighted by atomic mass is 32.2. The molecule has 0 spiro atoms. The monoisotopic (exact) mass is 432 g/mol. The molecular weight excluding hydrogens is 404 g/mol. The molecule has 1 amide bonds. The Morgan fingerprint density at radius 1 is 1.07 bits per heavy atom. The molecule has 0 atom stereocenters. The van der Waals surface area contributed by atoms with E-state index in [2.05, 4.69) is 9.88 Å². The third-order valence-corrected chi connectivity index (χ3v) is 7.44. The lowest BCUT2D eigenvalue weighted by atomic mass is 10.3. The number of hydrogen-bond donors (Lipinski definition) is 1. The fraction of sp³-hybridized carbons (Fsp3) is 0.476. The Morgan fingerprint density at radius 2 is 1.77 bits per heavy atom. The molecule has 2 aromatic rings. The number of anilines is 1. The standard InChI is InChI=1S/C21H28N4O4S/c26-21(24-8-4-5-9-24)20-16-19(17-22-20)30(27,28)25(18-6-2-1-3-7-18)11-10-23-12-14-29-15-13-23/h1-3,6-7,16-17,22H,4-5,8-15H2. The molecule has 9 heteroatoms. The molecule has 4 rings (SSSR count). The second-order valence-electron chi connectivity index (χ2n) is 7.62. The summed E-state index contributed by atoms with van der Waals surface area (Å²) in [5.74, 6) is -0.145. The molecule has 1 aromatic carbocycles. The molecule has 8 nitrogen and oxygen atoms in total. The second-order valence-corrected chi connectivity index (χ2v) is 9.48. The Kier molecular flexibility index (Phi) is 6.40. The zero-order valence-corrected chi connectivity index (χ0v) is 17.8. The molecule has 0 unspecified atom stereocenters. The lowest BCUT2D eigenvalue weighted by molar-refractivity contribution is 0.0395. The van der Waals surface area contributed by atoms with Gasteiger partial charge in [-0.3, -0.25) is 14.0 Å². The molecule has 1 N–H and O–H groups in total. The molecule has 0 aliphatic carbocycles. The Bertz CT molecular complexity index is 948. The molecule has 0 saturated carbocycles. The minimum absolute atomic E-state index is 0.107. The molecule has 162 valence electrons. The van der Waals surface area contributed by atoms with E-state index in [9.17, 15) is 13.2 Å². The Hall–Kier alpha value is -2.36. The number of H-pyrrole nitrogens is 1. The molecule has 0 bridgehead atoms. The van der Waals surface area contributed by atoms with E-state index in [0.29, 0.717) is 37.7 Å². The van der Waals surface area contributed by atoms with E-state index >= 15 is 0 Å². The van der Waals surface area contributed by atoms with Crippen LogP contribution in [0.25, 0.3) is 0 Å². The number of carbonyl (C=O) groups is 1. The highest BCUT2D eigenvalue weighted by Gasteiger charge is 2.29. The summed E-state index contributed by atoms with van der Waals surface area (Å²) < 4.78 is 33.8. The summed E-state index contributed by atoms with van der Waals surface area (Å²) in [6, 6.07) is 10.6. The van der Waals surface area contributed by atoms with Gasteiger partial charge in [0.15, 0.2) is 0 Å². The molecular formula is C21H28N4O4S. The summed E-state index contributed by atoms with van der Waals surface area (Å²) >= 11 is 0. The van der Waals surface area contributed by atoms with E-state index in [0.717, 1.165) is 39.0 Å². The van der Waals surface area contributed by atoms with E-state index in [1.807, 2.05) is 18.2 Å². The molecule has 1 aromatic heterocycles. The third-order valence-electron chi connectivity index (χ3n) is 5.64. The van der Waals surface area contributed by atoms with Crippen molar-refractivity contribution < 1.29 is 17.9 Å². The van der Waals surface area contributed by atoms with E-state index in [4.69, 9.17) is 4.74 Å². The van der Waals surface area contributed by atoms with Crippen LogP contribution >= 0.6 is 0 Å². The van der Waals surface area contributed by atoms with Crippen LogP contribution in [0.3, 0.4) is 0 Å². The Balaban J connectivity index is 1.56. The number of nitrogens with one attached hydrogen (secondary N) is 1. The topological polar surface area (TPSA) is 86.0 Å². The SMILES string of the molecule is O=C(c1cc(S(=O)(=O)N(CCN2CCOCC2)c2ccccc2)c[nH]1)N1CCCC1. The first kappa shape index (κ1) is 20.9. The number of carbonyl (C=O) groups excluding carboxylic acids is 1. The zero-order chi connectivity index (χ0) is 21.0. The van der Waals surface area contributed by atoms with Gasteiger partial charge in [0.25, 0.3) is 15.9 Å². The van der Waals surface area contributed by atoms with Crippen LogP contribution in [-0.4, -0.2) is 81.6 Å². The van der Waals surface area contributed by atoms with Crippen molar-refractivity contribution >= 4 is 21.6 Å². The predicted molar refractivity (Wildman–Crippen MR) is 114 cm³/mol. The van der Waals surface area contributed by atoms with Crippen molar-refractivity contribution in [3.8, 4) is 0 Å². The van der Waals surface area contributed by atoms with Gasteiger partial charge in [-0.25, -0.2) is 8.42 Å². The average Bonchev–Trinajstić information content (AvgIpc) is 3.48. The van der Waals surface area contributed by atoms with Crippen LogP contribution in [0, 0.1) is 0 Å². The van der Waals surface area contributed by atoms with Crippen molar-refractivity contribution in [1.29, 1.82) is 0 Å². The first-order valence-electron chi connectivity index (χ1n) is 10.4. The van der Waals surface area contributed by atoms with Gasteiger partial charge in [0.05, 0.1) is 18.9 Å². The maximum Gasteiger partial charge on any atom is 0.270 e. The van der Waals surface area contributed by atoms with Crippen molar-refractivity contribution in [2.24, 2.45) is 0 Å². The van der Waals surface area contributed by atoms with Gasteiger partial charge in [-0.2, -0.15) is 0 Å². The van der Waals surface area contributed by atoms with Gasteiger partial charge in [0.2, 0.25) is 0 Å². The number of para-hydroxylation sites is 1. The number of aromatic nitrogens is 1. The minimum atomic E-state index is -3.82. The lowest BCUT2D eigenvalue weighted by Crippen LogP contribution is -2.43. The summed E-state index contributed by atoms with van der Waals surface area (Å²) in [6.45, 7) is 5.29. The second kappa shape index (κ2) is 9.20. The minimum Gasteiger partial charge on any atom is -0.379 e. The fourth-order valence-corrected chi connectivity index (χ4v) is 5.35. The van der Waals surface area contributed by atoms with Gasteiger partial charge in [-0.1, -0.05) is 18.2 Å². The van der Waals surface area contributed by atoms with Crippen LogP contribution in [0.5, 0.6) is 0 Å². The number of ether oxygens (including phenoxy) is 1. The van der Waals surface area contributed by atoms with Gasteiger partial charge in [-0.05, 0) is 31.0 Å².